The molecule has 1 fully saturated rings. The molecule has 1 saturated carbocycles. The van der Waals surface area contributed by atoms with E-state index in [1.807, 2.05) is 24.1 Å². The van der Waals surface area contributed by atoms with E-state index >= 15 is 0 Å². The van der Waals surface area contributed by atoms with Gasteiger partial charge in [-0.3, -0.25) is 0 Å². The van der Waals surface area contributed by atoms with Gasteiger partial charge in [0.05, 0.1) is 0 Å². The lowest BCUT2D eigenvalue weighted by atomic mass is 10.3. The molecule has 4 nitrogen and oxygen atoms in total. The molecule has 3 N–H and O–H groups in total. The summed E-state index contributed by atoms with van der Waals surface area (Å²) < 4.78 is 28.2. The number of thioether (sulfide) groups is 1. The van der Waals surface area contributed by atoms with E-state index in [0.717, 1.165) is 35.5 Å². The van der Waals surface area contributed by atoms with Gasteiger partial charge in [0.15, 0.2) is 0 Å². The van der Waals surface area contributed by atoms with E-state index in [9.17, 15) is 8.42 Å². The Bertz CT molecular complexity index is 554. The Balaban J connectivity index is 2.21. The summed E-state index contributed by atoms with van der Waals surface area (Å²) >= 11 is 3.27. The van der Waals surface area contributed by atoms with Gasteiger partial charge in [-0.1, -0.05) is 13.3 Å². The Morgan fingerprint density at radius 2 is 2.25 bits per heavy atom. The number of hydrogen-bond acceptors (Lipinski definition) is 5. The van der Waals surface area contributed by atoms with Crippen molar-refractivity contribution < 1.29 is 8.42 Å². The lowest BCUT2D eigenvalue weighted by Gasteiger charge is -2.20. The molecular formula is C13H22N2O2S3. The first-order valence-electron chi connectivity index (χ1n) is 6.90. The molecule has 0 radical (unpaired) electrons. The Hall–Kier alpha value is -0.0800. The number of nitrogens with two attached hydrogens (primary N) is 1. The predicted molar refractivity (Wildman–Crippen MR) is 86.8 cm³/mol. The Labute approximate surface area is 129 Å². The van der Waals surface area contributed by atoms with Gasteiger partial charge < -0.3 is 5.73 Å². The van der Waals surface area contributed by atoms with Crippen molar-refractivity contribution in [1.29, 1.82) is 0 Å². The van der Waals surface area contributed by atoms with Gasteiger partial charge in [0, 0.05) is 22.7 Å². The fraction of sp³-hybridized carbons (Fsp3) is 0.692. The fourth-order valence-electron chi connectivity index (χ4n) is 2.72. The molecule has 1 heterocycles. The Morgan fingerprint density at radius 3 is 2.90 bits per heavy atom. The third-order valence-electron chi connectivity index (χ3n) is 3.58. The average molecular weight is 335 g/mol. The summed E-state index contributed by atoms with van der Waals surface area (Å²) in [4.78, 5) is 1.14. The molecule has 0 spiro atoms. The zero-order chi connectivity index (χ0) is 14.8. The van der Waals surface area contributed by atoms with Crippen LogP contribution in [0.25, 0.3) is 0 Å². The molecule has 20 heavy (non-hydrogen) atoms. The van der Waals surface area contributed by atoms with E-state index in [4.69, 9.17) is 5.73 Å². The third-order valence-corrected chi connectivity index (χ3v) is 7.88. The summed E-state index contributed by atoms with van der Waals surface area (Å²) in [5, 5.41) is 2.26. The summed E-state index contributed by atoms with van der Waals surface area (Å²) in [6.45, 7) is 4.22. The molecule has 0 aliphatic heterocycles. The lowest BCUT2D eigenvalue weighted by Crippen LogP contribution is -2.39. The quantitative estimate of drug-likeness (QED) is 0.838. The molecule has 7 heteroatoms. The topological polar surface area (TPSA) is 72.2 Å². The molecular weight excluding hydrogens is 312 g/mol. The van der Waals surface area contributed by atoms with Crippen molar-refractivity contribution in [1.82, 2.24) is 4.72 Å². The summed E-state index contributed by atoms with van der Waals surface area (Å²) in [7, 11) is -3.46. The normalized spacial score (nSPS) is 23.4. The van der Waals surface area contributed by atoms with E-state index in [1.165, 1.54) is 11.3 Å². The maximum Gasteiger partial charge on any atom is 0.242 e. The molecule has 2 atom stereocenters. The molecule has 1 aliphatic rings. The highest BCUT2D eigenvalue weighted by Gasteiger charge is 2.32. The van der Waals surface area contributed by atoms with Crippen molar-refractivity contribution in [2.24, 2.45) is 5.73 Å². The van der Waals surface area contributed by atoms with Gasteiger partial charge in [0.1, 0.15) is 4.90 Å². The maximum atomic E-state index is 12.6. The summed E-state index contributed by atoms with van der Waals surface area (Å²) in [6, 6.07) is 0.0508. The monoisotopic (exact) mass is 334 g/mol. The smallest absolute Gasteiger partial charge is 0.242 e. The fourth-order valence-corrected chi connectivity index (χ4v) is 7.02. The van der Waals surface area contributed by atoms with Gasteiger partial charge in [-0.15, -0.1) is 11.3 Å². The largest absolute Gasteiger partial charge is 0.326 e. The molecule has 1 aromatic heterocycles. The van der Waals surface area contributed by atoms with E-state index in [1.54, 1.807) is 0 Å². The van der Waals surface area contributed by atoms with Gasteiger partial charge in [-0.05, 0) is 36.5 Å². The van der Waals surface area contributed by atoms with Gasteiger partial charge >= 0.3 is 0 Å². The molecule has 0 aromatic carbocycles. The number of aryl methyl sites for hydroxylation is 1. The molecule has 1 aromatic rings. The van der Waals surface area contributed by atoms with Gasteiger partial charge in [0.2, 0.25) is 10.0 Å². The summed E-state index contributed by atoms with van der Waals surface area (Å²) in [6.07, 6.45) is 3.12. The highest BCUT2D eigenvalue weighted by atomic mass is 32.2. The second-order valence-corrected chi connectivity index (χ2v) is 9.16. The van der Waals surface area contributed by atoms with Crippen LogP contribution in [0.5, 0.6) is 0 Å². The zero-order valence-corrected chi connectivity index (χ0v) is 14.3. The molecule has 0 saturated heterocycles. The van der Waals surface area contributed by atoms with Crippen LogP contribution < -0.4 is 10.5 Å². The zero-order valence-electron chi connectivity index (χ0n) is 11.9. The van der Waals surface area contributed by atoms with Crippen molar-refractivity contribution in [3.05, 3.63) is 15.8 Å². The molecule has 1 aliphatic carbocycles. The van der Waals surface area contributed by atoms with E-state index < -0.39 is 10.0 Å². The van der Waals surface area contributed by atoms with Gasteiger partial charge in [0.25, 0.3) is 0 Å². The third kappa shape index (κ3) is 3.39. The van der Waals surface area contributed by atoms with Crippen LogP contribution in [0.4, 0.5) is 0 Å². The molecule has 114 valence electrons. The minimum Gasteiger partial charge on any atom is -0.326 e. The second-order valence-electron chi connectivity index (χ2n) is 5.03. The number of hydrogen-bond donors (Lipinski definition) is 2. The minimum absolute atomic E-state index is 0.0508. The van der Waals surface area contributed by atoms with Crippen LogP contribution >= 0.6 is 23.1 Å². The average Bonchev–Trinajstić information content (AvgIpc) is 2.97. The van der Waals surface area contributed by atoms with Crippen molar-refractivity contribution in [2.75, 3.05) is 5.75 Å². The van der Waals surface area contributed by atoms with Gasteiger partial charge in [-0.25, -0.2) is 13.1 Å². The summed E-state index contributed by atoms with van der Waals surface area (Å²) in [5.74, 6) is 1.02. The predicted octanol–water partition coefficient (Wildman–Crippen LogP) is 2.47. The summed E-state index contributed by atoms with van der Waals surface area (Å²) in [5.41, 5.74) is 6.45. The van der Waals surface area contributed by atoms with Crippen LogP contribution in [0.15, 0.2) is 10.3 Å². The first-order valence-corrected chi connectivity index (χ1v) is 10.3. The van der Waals surface area contributed by atoms with Crippen molar-refractivity contribution >= 4 is 33.1 Å². The SMILES string of the molecule is CCSC1CCCC1NS(=O)(=O)c1c(C)csc1CN. The van der Waals surface area contributed by atoms with Crippen molar-refractivity contribution in [3.8, 4) is 0 Å². The number of nitrogens with one attached hydrogen (secondary N) is 1. The number of thiophene rings is 1. The number of rotatable bonds is 6. The van der Waals surface area contributed by atoms with Crippen LogP contribution in [0.1, 0.15) is 36.6 Å². The van der Waals surface area contributed by atoms with Crippen LogP contribution in [-0.4, -0.2) is 25.5 Å². The number of sulfonamides is 1. The standard InChI is InChI=1S/C13H22N2O2S3/c1-3-18-11-6-4-5-10(11)15-20(16,17)13-9(2)8-19-12(13)7-14/h8,10-11,15H,3-7,14H2,1-2H3. The van der Waals surface area contributed by atoms with E-state index in [-0.39, 0.29) is 12.6 Å². The van der Waals surface area contributed by atoms with Crippen LogP contribution in [0.3, 0.4) is 0 Å². The van der Waals surface area contributed by atoms with Crippen molar-refractivity contribution in [2.45, 2.75) is 55.8 Å². The second kappa shape index (κ2) is 6.79. The molecule has 0 amide bonds. The minimum atomic E-state index is -3.46. The molecule has 2 rings (SSSR count). The Kier molecular flexibility index (Phi) is 5.53. The highest BCUT2D eigenvalue weighted by molar-refractivity contribution is 8.00. The molecule has 2 unspecified atom stereocenters. The van der Waals surface area contributed by atoms with Gasteiger partial charge in [-0.2, -0.15) is 11.8 Å². The lowest BCUT2D eigenvalue weighted by molar-refractivity contribution is 0.554. The van der Waals surface area contributed by atoms with Crippen LogP contribution in [0.2, 0.25) is 0 Å². The van der Waals surface area contributed by atoms with Crippen molar-refractivity contribution in [3.63, 3.8) is 0 Å². The van der Waals surface area contributed by atoms with Crippen LogP contribution in [-0.2, 0) is 16.6 Å². The van der Waals surface area contributed by atoms with E-state index in [2.05, 4.69) is 11.6 Å². The Morgan fingerprint density at radius 1 is 1.50 bits per heavy atom. The maximum absolute atomic E-state index is 12.6. The first-order chi connectivity index (χ1) is 9.49. The van der Waals surface area contributed by atoms with E-state index in [0.29, 0.717) is 10.1 Å². The van der Waals surface area contributed by atoms with Crippen LogP contribution in [0, 0.1) is 6.92 Å². The first kappa shape index (κ1) is 16.3. The highest BCUT2D eigenvalue weighted by Crippen LogP contribution is 2.32. The molecule has 0 bridgehead atoms.